The van der Waals surface area contributed by atoms with E-state index < -0.39 is 0 Å². The molecule has 1 aliphatic rings. The van der Waals surface area contributed by atoms with Crippen LogP contribution in [0.5, 0.6) is 0 Å². The fraction of sp³-hybridized carbons (Fsp3) is 0.368. The van der Waals surface area contributed by atoms with Gasteiger partial charge in [0, 0.05) is 12.0 Å². The average Bonchev–Trinajstić information content (AvgIpc) is 3.28. The summed E-state index contributed by atoms with van der Waals surface area (Å²) in [7, 11) is 0. The molecule has 0 radical (unpaired) electrons. The first-order chi connectivity index (χ1) is 12.1. The molecule has 25 heavy (non-hydrogen) atoms. The van der Waals surface area contributed by atoms with E-state index >= 15 is 0 Å². The Morgan fingerprint density at radius 1 is 1.36 bits per heavy atom. The zero-order valence-electron chi connectivity index (χ0n) is 14.5. The van der Waals surface area contributed by atoms with Crippen LogP contribution in [0.4, 0.5) is 4.39 Å². The van der Waals surface area contributed by atoms with Crippen molar-refractivity contribution in [1.82, 2.24) is 9.91 Å². The minimum atomic E-state index is -0.294. The maximum Gasteiger partial charge on any atom is 0.257 e. The smallest absolute Gasteiger partial charge is 0.257 e. The molecule has 0 bridgehead atoms. The molecule has 4 nitrogen and oxygen atoms in total. The number of likely N-dealkylation sites (N-methyl/N-ethyl adjacent to an activating group) is 1. The number of nitrogens with zero attached hydrogens (tertiary/aromatic N) is 3. The minimum absolute atomic E-state index is 0.0526. The van der Waals surface area contributed by atoms with Crippen molar-refractivity contribution in [2.45, 2.75) is 26.3 Å². The maximum absolute atomic E-state index is 13.7. The van der Waals surface area contributed by atoms with Gasteiger partial charge in [-0.15, -0.1) is 0 Å². The lowest BCUT2D eigenvalue weighted by atomic mass is 9.99. The first kappa shape index (κ1) is 17.8. The molecule has 3 rings (SSSR count). The number of benzene rings is 1. The van der Waals surface area contributed by atoms with E-state index in [4.69, 9.17) is 0 Å². The van der Waals surface area contributed by atoms with Crippen LogP contribution in [-0.4, -0.2) is 41.2 Å². The molecule has 0 saturated carbocycles. The zero-order chi connectivity index (χ0) is 17.8. The number of hydrogen-bond acceptors (Lipinski definition) is 4. The largest absolute Gasteiger partial charge is 0.295 e. The molecule has 1 aromatic heterocycles. The molecular formula is C19H22FN3OS. The number of hydrogen-bond donors (Lipinski definition) is 0. The number of thiophene rings is 1. The third kappa shape index (κ3) is 3.96. The Balaban J connectivity index is 1.89. The standard InChI is InChI=1S/C19H22FN3OS/c1-3-22(4-2)12-19(24)23-18(14-6-5-7-16(20)10-14)11-17(21-23)15-8-9-25-13-15/h5-10,13,18H,3-4,11-12H2,1-2H3. The van der Waals surface area contributed by atoms with Gasteiger partial charge in [0.25, 0.3) is 5.91 Å². The maximum atomic E-state index is 13.7. The predicted molar refractivity (Wildman–Crippen MR) is 99.2 cm³/mol. The second-order valence-corrected chi connectivity index (χ2v) is 6.81. The molecule has 132 valence electrons. The van der Waals surface area contributed by atoms with Crippen LogP contribution in [-0.2, 0) is 4.79 Å². The van der Waals surface area contributed by atoms with Gasteiger partial charge in [0.1, 0.15) is 5.82 Å². The zero-order valence-corrected chi connectivity index (χ0v) is 15.3. The van der Waals surface area contributed by atoms with Crippen molar-refractivity contribution in [2.24, 2.45) is 5.10 Å². The summed E-state index contributed by atoms with van der Waals surface area (Å²) in [6.45, 7) is 6.00. The third-order valence-corrected chi connectivity index (χ3v) is 5.19. The van der Waals surface area contributed by atoms with Crippen LogP contribution >= 0.6 is 11.3 Å². The normalized spacial score (nSPS) is 17.2. The van der Waals surface area contributed by atoms with Gasteiger partial charge in [-0.05, 0) is 47.6 Å². The summed E-state index contributed by atoms with van der Waals surface area (Å²) in [4.78, 5) is 14.9. The van der Waals surface area contributed by atoms with Crippen LogP contribution in [0.3, 0.4) is 0 Å². The molecule has 1 atom stereocenters. The van der Waals surface area contributed by atoms with E-state index in [1.165, 1.54) is 12.1 Å². The van der Waals surface area contributed by atoms with Crippen LogP contribution in [0.1, 0.15) is 37.4 Å². The molecule has 0 aliphatic carbocycles. The van der Waals surface area contributed by atoms with Crippen molar-refractivity contribution in [2.75, 3.05) is 19.6 Å². The molecule has 0 saturated heterocycles. The van der Waals surface area contributed by atoms with Gasteiger partial charge in [0.15, 0.2) is 0 Å². The van der Waals surface area contributed by atoms with Crippen LogP contribution < -0.4 is 0 Å². The van der Waals surface area contributed by atoms with Gasteiger partial charge in [0.05, 0.1) is 18.3 Å². The lowest BCUT2D eigenvalue weighted by Gasteiger charge is -2.25. The lowest BCUT2D eigenvalue weighted by molar-refractivity contribution is -0.134. The molecular weight excluding hydrogens is 337 g/mol. The topological polar surface area (TPSA) is 35.9 Å². The van der Waals surface area contributed by atoms with Crippen LogP contribution in [0, 0.1) is 5.82 Å². The Hall–Kier alpha value is -2.05. The summed E-state index contributed by atoms with van der Waals surface area (Å²) in [6, 6.07) is 8.20. The van der Waals surface area contributed by atoms with Gasteiger partial charge in [0.2, 0.25) is 0 Å². The van der Waals surface area contributed by atoms with Crippen molar-refractivity contribution < 1.29 is 9.18 Å². The van der Waals surface area contributed by atoms with E-state index in [1.807, 2.05) is 36.7 Å². The molecule has 2 aromatic rings. The summed E-state index contributed by atoms with van der Waals surface area (Å²) < 4.78 is 13.7. The van der Waals surface area contributed by atoms with Crippen molar-refractivity contribution in [3.8, 4) is 0 Å². The predicted octanol–water partition coefficient (Wildman–Crippen LogP) is 3.91. The van der Waals surface area contributed by atoms with E-state index in [0.29, 0.717) is 13.0 Å². The fourth-order valence-corrected chi connectivity index (χ4v) is 3.69. The van der Waals surface area contributed by atoms with Gasteiger partial charge in [-0.2, -0.15) is 16.4 Å². The SMILES string of the molecule is CCN(CC)CC(=O)N1N=C(c2ccsc2)CC1c1cccc(F)c1. The van der Waals surface area contributed by atoms with Crippen LogP contribution in [0.15, 0.2) is 46.2 Å². The average molecular weight is 359 g/mol. The summed E-state index contributed by atoms with van der Waals surface area (Å²) in [5.74, 6) is -0.346. The molecule has 0 N–H and O–H groups in total. The highest BCUT2D eigenvalue weighted by Crippen LogP contribution is 2.33. The first-order valence-corrected chi connectivity index (χ1v) is 9.46. The first-order valence-electron chi connectivity index (χ1n) is 8.52. The Morgan fingerprint density at radius 2 is 2.16 bits per heavy atom. The number of carbonyl (C=O) groups is 1. The quantitative estimate of drug-likeness (QED) is 0.784. The van der Waals surface area contributed by atoms with Crippen molar-refractivity contribution in [3.63, 3.8) is 0 Å². The van der Waals surface area contributed by atoms with Gasteiger partial charge in [-0.3, -0.25) is 9.69 Å². The van der Waals surface area contributed by atoms with E-state index in [1.54, 1.807) is 22.4 Å². The second-order valence-electron chi connectivity index (χ2n) is 6.03. The highest BCUT2D eigenvalue weighted by atomic mass is 32.1. The Labute approximate surface area is 151 Å². The third-order valence-electron chi connectivity index (χ3n) is 4.51. The molecule has 0 spiro atoms. The molecule has 1 aliphatic heterocycles. The molecule has 1 aromatic carbocycles. The number of rotatable bonds is 6. The lowest BCUT2D eigenvalue weighted by Crippen LogP contribution is -2.38. The monoisotopic (exact) mass is 359 g/mol. The van der Waals surface area contributed by atoms with Gasteiger partial charge in [-0.25, -0.2) is 9.40 Å². The number of hydrazone groups is 1. The minimum Gasteiger partial charge on any atom is -0.295 e. The van der Waals surface area contributed by atoms with Crippen LogP contribution in [0.2, 0.25) is 0 Å². The van der Waals surface area contributed by atoms with Gasteiger partial charge < -0.3 is 0 Å². The molecule has 6 heteroatoms. The molecule has 0 fully saturated rings. The van der Waals surface area contributed by atoms with E-state index in [9.17, 15) is 9.18 Å². The highest BCUT2D eigenvalue weighted by Gasteiger charge is 2.33. The van der Waals surface area contributed by atoms with Gasteiger partial charge in [-0.1, -0.05) is 26.0 Å². The van der Waals surface area contributed by atoms with Crippen molar-refractivity contribution >= 4 is 23.0 Å². The van der Waals surface area contributed by atoms with E-state index in [2.05, 4.69) is 10.0 Å². The highest BCUT2D eigenvalue weighted by molar-refractivity contribution is 7.08. The number of carbonyl (C=O) groups excluding carboxylic acids is 1. The van der Waals surface area contributed by atoms with Crippen LogP contribution in [0.25, 0.3) is 0 Å². The Bertz CT molecular complexity index is 756. The summed E-state index contributed by atoms with van der Waals surface area (Å²) in [6.07, 6.45) is 0.601. The molecule has 1 unspecified atom stereocenters. The summed E-state index contributed by atoms with van der Waals surface area (Å²) >= 11 is 1.60. The van der Waals surface area contributed by atoms with Crippen molar-refractivity contribution in [3.05, 3.63) is 58.0 Å². The summed E-state index contributed by atoms with van der Waals surface area (Å²) in [5.41, 5.74) is 2.69. The molecule has 1 amide bonds. The molecule has 2 heterocycles. The second kappa shape index (κ2) is 7.89. The van der Waals surface area contributed by atoms with E-state index in [-0.39, 0.29) is 17.8 Å². The van der Waals surface area contributed by atoms with E-state index in [0.717, 1.165) is 29.9 Å². The number of amides is 1. The van der Waals surface area contributed by atoms with Gasteiger partial charge >= 0.3 is 0 Å². The Kier molecular flexibility index (Phi) is 5.60. The number of halogens is 1. The Morgan fingerprint density at radius 3 is 2.80 bits per heavy atom. The fourth-order valence-electron chi connectivity index (χ4n) is 3.03. The van der Waals surface area contributed by atoms with Crippen molar-refractivity contribution in [1.29, 1.82) is 0 Å². The summed E-state index contributed by atoms with van der Waals surface area (Å²) in [5, 5.41) is 10.2.